The van der Waals surface area contributed by atoms with E-state index in [1.54, 1.807) is 92.0 Å². The first-order valence-electron chi connectivity index (χ1n) is 9.23. The average Bonchev–Trinajstić information content (AvgIpc) is 2.82. The van der Waals surface area contributed by atoms with Crippen molar-refractivity contribution in [1.82, 2.24) is 0 Å². The largest absolute Gasteiger partial charge is 0.497 e. The number of esters is 1. The summed E-state index contributed by atoms with van der Waals surface area (Å²) in [7, 11) is 1.55. The first kappa shape index (κ1) is 20.6. The zero-order valence-electron chi connectivity index (χ0n) is 16.3. The molecule has 1 atom stereocenters. The third kappa shape index (κ3) is 5.00. The fraction of sp³-hybridized carbons (Fsp3) is 0.0800. The van der Waals surface area contributed by atoms with Crippen LogP contribution >= 0.6 is 0 Å². The van der Waals surface area contributed by atoms with Gasteiger partial charge < -0.3 is 9.47 Å². The van der Waals surface area contributed by atoms with E-state index in [2.05, 4.69) is 0 Å². The minimum atomic E-state index is -1.16. The van der Waals surface area contributed by atoms with E-state index in [1.165, 1.54) is 6.08 Å². The van der Waals surface area contributed by atoms with Crippen LogP contribution in [0.25, 0.3) is 6.08 Å². The molecule has 5 heteroatoms. The zero-order chi connectivity index (χ0) is 21.3. The molecule has 0 N–H and O–H groups in total. The number of ether oxygens (including phenoxy) is 2. The lowest BCUT2D eigenvalue weighted by Gasteiger charge is -2.17. The Morgan fingerprint density at radius 1 is 0.900 bits per heavy atom. The highest BCUT2D eigenvalue weighted by Gasteiger charge is 2.27. The van der Waals surface area contributed by atoms with Gasteiger partial charge in [0.1, 0.15) is 17.4 Å². The molecule has 0 saturated heterocycles. The van der Waals surface area contributed by atoms with Gasteiger partial charge in [-0.05, 0) is 23.8 Å². The Morgan fingerprint density at radius 2 is 1.50 bits per heavy atom. The molecule has 0 saturated carbocycles. The lowest BCUT2D eigenvalue weighted by atomic mass is 9.99. The summed E-state index contributed by atoms with van der Waals surface area (Å²) >= 11 is 0. The number of carbonyl (C=O) groups is 2. The number of benzene rings is 3. The highest BCUT2D eigenvalue weighted by Crippen LogP contribution is 2.24. The number of methoxy groups -OCH3 is 1. The summed E-state index contributed by atoms with van der Waals surface area (Å²) in [6.45, 7) is 0. The maximum atomic E-state index is 13.0. The second kappa shape index (κ2) is 9.85. The van der Waals surface area contributed by atoms with Crippen molar-refractivity contribution in [2.45, 2.75) is 6.10 Å². The third-order valence-corrected chi connectivity index (χ3v) is 4.39. The minimum absolute atomic E-state index is 0.207. The Kier molecular flexibility index (Phi) is 6.75. The molecule has 0 heterocycles. The summed E-state index contributed by atoms with van der Waals surface area (Å²) in [5.74, 6) is -0.575. The van der Waals surface area contributed by atoms with Crippen LogP contribution in [0.1, 0.15) is 27.6 Å². The third-order valence-electron chi connectivity index (χ3n) is 4.39. The van der Waals surface area contributed by atoms with Gasteiger partial charge in [-0.15, -0.1) is 0 Å². The molecule has 0 radical (unpaired) electrons. The summed E-state index contributed by atoms with van der Waals surface area (Å²) < 4.78 is 10.6. The van der Waals surface area contributed by atoms with E-state index in [9.17, 15) is 14.9 Å². The van der Waals surface area contributed by atoms with Gasteiger partial charge in [-0.25, -0.2) is 4.79 Å². The van der Waals surface area contributed by atoms with Gasteiger partial charge in [-0.3, -0.25) is 4.79 Å². The molecule has 0 aliphatic carbocycles. The van der Waals surface area contributed by atoms with E-state index in [1.807, 2.05) is 6.07 Å². The van der Waals surface area contributed by atoms with Crippen molar-refractivity contribution in [3.05, 3.63) is 107 Å². The molecule has 0 unspecified atom stereocenters. The summed E-state index contributed by atoms with van der Waals surface area (Å²) in [5, 5.41) is 9.47. The minimum Gasteiger partial charge on any atom is -0.497 e. The van der Waals surface area contributed by atoms with E-state index in [0.29, 0.717) is 22.4 Å². The van der Waals surface area contributed by atoms with Crippen LogP contribution in [0.4, 0.5) is 0 Å². The summed E-state index contributed by atoms with van der Waals surface area (Å²) in [6, 6.07) is 26.0. The standard InChI is InChI=1S/C25H19NO4/c1-29-22-14-12-18(13-15-22)16-21(17-26)25(28)30-24(20-10-6-3-7-11-20)23(27)19-8-4-2-5-9-19/h2-16,24H,1H3/b21-16+/t24-/m0/s1. The Bertz CT molecular complexity index is 1080. The second-order valence-corrected chi connectivity index (χ2v) is 6.37. The number of rotatable bonds is 7. The monoisotopic (exact) mass is 397 g/mol. The van der Waals surface area contributed by atoms with Crippen molar-refractivity contribution in [3.63, 3.8) is 0 Å². The van der Waals surface area contributed by atoms with E-state index < -0.39 is 12.1 Å². The van der Waals surface area contributed by atoms with Gasteiger partial charge in [0.25, 0.3) is 0 Å². The molecule has 3 aromatic carbocycles. The SMILES string of the molecule is COc1ccc(/C=C(\C#N)C(=O)O[C@H](C(=O)c2ccccc2)c2ccccc2)cc1. The Hall–Kier alpha value is -4.17. The zero-order valence-corrected chi connectivity index (χ0v) is 16.3. The van der Waals surface area contributed by atoms with E-state index in [-0.39, 0.29) is 11.4 Å². The van der Waals surface area contributed by atoms with Crippen molar-refractivity contribution < 1.29 is 19.1 Å². The second-order valence-electron chi connectivity index (χ2n) is 6.37. The molecule has 0 bridgehead atoms. The maximum absolute atomic E-state index is 13.0. The number of ketones is 1. The van der Waals surface area contributed by atoms with Crippen LogP contribution in [-0.2, 0) is 9.53 Å². The molecular formula is C25H19NO4. The normalized spacial score (nSPS) is 11.8. The van der Waals surface area contributed by atoms with E-state index in [0.717, 1.165) is 0 Å². The first-order valence-corrected chi connectivity index (χ1v) is 9.23. The van der Waals surface area contributed by atoms with Crippen molar-refractivity contribution in [2.24, 2.45) is 0 Å². The molecule has 30 heavy (non-hydrogen) atoms. The number of nitrogens with zero attached hydrogens (tertiary/aromatic N) is 1. The summed E-state index contributed by atoms with van der Waals surface area (Å²) in [6.07, 6.45) is 0.255. The van der Waals surface area contributed by atoms with Crippen molar-refractivity contribution in [2.75, 3.05) is 7.11 Å². The number of carbonyl (C=O) groups excluding carboxylic acids is 2. The first-order chi connectivity index (χ1) is 14.6. The number of hydrogen-bond donors (Lipinski definition) is 0. The molecule has 5 nitrogen and oxygen atoms in total. The molecule has 3 aromatic rings. The van der Waals surface area contributed by atoms with Crippen LogP contribution in [-0.4, -0.2) is 18.9 Å². The van der Waals surface area contributed by atoms with E-state index >= 15 is 0 Å². The smallest absolute Gasteiger partial charge is 0.349 e. The molecule has 0 aromatic heterocycles. The van der Waals surface area contributed by atoms with E-state index in [4.69, 9.17) is 9.47 Å². The number of nitriles is 1. The quantitative estimate of drug-likeness (QED) is 0.248. The van der Waals surface area contributed by atoms with Crippen molar-refractivity contribution in [1.29, 1.82) is 5.26 Å². The van der Waals surface area contributed by atoms with Gasteiger partial charge in [-0.2, -0.15) is 5.26 Å². The van der Waals surface area contributed by atoms with Crippen LogP contribution < -0.4 is 4.74 Å². The van der Waals surface area contributed by atoms with Gasteiger partial charge in [-0.1, -0.05) is 72.8 Å². The Morgan fingerprint density at radius 3 is 2.07 bits per heavy atom. The average molecular weight is 397 g/mol. The van der Waals surface area contributed by atoms with Crippen LogP contribution in [0.2, 0.25) is 0 Å². The molecule has 3 rings (SSSR count). The maximum Gasteiger partial charge on any atom is 0.349 e. The van der Waals surface area contributed by atoms with Gasteiger partial charge in [0.15, 0.2) is 6.10 Å². The van der Waals surface area contributed by atoms with Crippen LogP contribution in [0.3, 0.4) is 0 Å². The van der Waals surface area contributed by atoms with Crippen LogP contribution in [0.15, 0.2) is 90.5 Å². The lowest BCUT2D eigenvalue weighted by Crippen LogP contribution is -2.21. The number of Topliss-reactive ketones (excluding diaryl/α,β-unsaturated/α-hetero) is 1. The molecule has 0 amide bonds. The van der Waals surface area contributed by atoms with Gasteiger partial charge >= 0.3 is 5.97 Å². The van der Waals surface area contributed by atoms with Crippen LogP contribution in [0.5, 0.6) is 5.75 Å². The van der Waals surface area contributed by atoms with Crippen molar-refractivity contribution in [3.8, 4) is 11.8 Å². The summed E-state index contributed by atoms with van der Waals surface area (Å²) in [4.78, 5) is 25.8. The summed E-state index contributed by atoms with van der Waals surface area (Å²) in [5.41, 5.74) is 1.37. The highest BCUT2D eigenvalue weighted by atomic mass is 16.5. The topological polar surface area (TPSA) is 76.4 Å². The predicted molar refractivity (Wildman–Crippen MR) is 113 cm³/mol. The fourth-order valence-electron chi connectivity index (χ4n) is 2.83. The molecule has 0 aliphatic heterocycles. The number of hydrogen-bond acceptors (Lipinski definition) is 5. The van der Waals surface area contributed by atoms with Crippen molar-refractivity contribution >= 4 is 17.8 Å². The lowest BCUT2D eigenvalue weighted by molar-refractivity contribution is -0.142. The highest BCUT2D eigenvalue weighted by molar-refractivity contribution is 6.03. The van der Waals surface area contributed by atoms with Gasteiger partial charge in [0.05, 0.1) is 7.11 Å². The fourth-order valence-corrected chi connectivity index (χ4v) is 2.83. The molecular weight excluding hydrogens is 378 g/mol. The Balaban J connectivity index is 1.89. The van der Waals surface area contributed by atoms with Gasteiger partial charge in [0.2, 0.25) is 5.78 Å². The predicted octanol–water partition coefficient (Wildman–Crippen LogP) is 4.77. The molecule has 0 spiro atoms. The molecule has 148 valence electrons. The molecule has 0 aliphatic rings. The van der Waals surface area contributed by atoms with Gasteiger partial charge in [0, 0.05) is 11.1 Å². The van der Waals surface area contributed by atoms with Crippen LogP contribution in [0, 0.1) is 11.3 Å². The Labute approximate surface area is 174 Å². The molecule has 0 fully saturated rings.